The molecule has 2 unspecified atom stereocenters. The van der Waals surface area contributed by atoms with Gasteiger partial charge in [0.1, 0.15) is 0 Å². The first-order valence-corrected chi connectivity index (χ1v) is 30.9. The highest BCUT2D eigenvalue weighted by Gasteiger charge is 2.18. The average Bonchev–Trinajstić information content (AvgIpc) is 3.32. The Morgan fingerprint density at radius 2 is 0.561 bits per heavy atom. The van der Waals surface area contributed by atoms with Gasteiger partial charge in [-0.05, 0) is 19.3 Å². The van der Waals surface area contributed by atoms with E-state index in [1.54, 1.807) is 6.08 Å². The molecule has 0 spiro atoms. The zero-order valence-electron chi connectivity index (χ0n) is 45.5. The Balaban J connectivity index is 3.42. The Kier molecular flexibility index (Phi) is 57.7. The van der Waals surface area contributed by atoms with Crippen molar-refractivity contribution in [1.82, 2.24) is 5.32 Å². The van der Waals surface area contributed by atoms with Crippen molar-refractivity contribution in [3.8, 4) is 0 Å². The van der Waals surface area contributed by atoms with Gasteiger partial charge in [0.05, 0.1) is 18.8 Å². The molecule has 2 atom stereocenters. The summed E-state index contributed by atoms with van der Waals surface area (Å²) in [7, 11) is 0. The number of rotatable bonds is 58. The molecule has 0 rings (SSSR count). The molecule has 4 nitrogen and oxygen atoms in total. The highest BCUT2D eigenvalue weighted by Crippen LogP contribution is 2.19. The second-order valence-corrected chi connectivity index (χ2v) is 21.5. The Labute approximate surface area is 416 Å². The first-order valence-electron chi connectivity index (χ1n) is 30.9. The first-order chi connectivity index (χ1) is 32.7. The third kappa shape index (κ3) is 54.1. The van der Waals surface area contributed by atoms with Gasteiger partial charge in [0.2, 0.25) is 5.91 Å². The second-order valence-electron chi connectivity index (χ2n) is 21.5. The molecule has 66 heavy (non-hydrogen) atoms. The van der Waals surface area contributed by atoms with Crippen LogP contribution in [0.3, 0.4) is 0 Å². The van der Waals surface area contributed by atoms with Gasteiger partial charge in [-0.2, -0.15) is 0 Å². The summed E-state index contributed by atoms with van der Waals surface area (Å²) in [4.78, 5) is 12.5. The number of allylic oxidation sites excluding steroid dienone is 1. The summed E-state index contributed by atoms with van der Waals surface area (Å²) < 4.78 is 0. The third-order valence-electron chi connectivity index (χ3n) is 14.8. The maximum Gasteiger partial charge on any atom is 0.220 e. The van der Waals surface area contributed by atoms with E-state index in [4.69, 9.17) is 0 Å². The smallest absolute Gasteiger partial charge is 0.220 e. The lowest BCUT2D eigenvalue weighted by Crippen LogP contribution is -2.45. The van der Waals surface area contributed by atoms with Gasteiger partial charge in [0.25, 0.3) is 0 Å². The molecule has 0 aliphatic rings. The van der Waals surface area contributed by atoms with Gasteiger partial charge in [-0.15, -0.1) is 0 Å². The van der Waals surface area contributed by atoms with Crippen molar-refractivity contribution in [2.75, 3.05) is 6.61 Å². The molecule has 4 heteroatoms. The van der Waals surface area contributed by atoms with Gasteiger partial charge in [-0.3, -0.25) is 4.79 Å². The zero-order valence-corrected chi connectivity index (χ0v) is 45.5. The number of aliphatic hydroxyl groups excluding tert-OH is 2. The lowest BCUT2D eigenvalue weighted by molar-refractivity contribution is -0.123. The molecule has 3 N–H and O–H groups in total. The molecule has 0 saturated carbocycles. The molecular weight excluding hydrogens is 807 g/mol. The molecule has 0 aliphatic heterocycles. The van der Waals surface area contributed by atoms with Crippen LogP contribution in [0.4, 0.5) is 0 Å². The van der Waals surface area contributed by atoms with E-state index in [-0.39, 0.29) is 12.5 Å². The van der Waals surface area contributed by atoms with Crippen molar-refractivity contribution >= 4 is 5.91 Å². The first kappa shape index (κ1) is 65.1. The van der Waals surface area contributed by atoms with Crippen LogP contribution < -0.4 is 5.32 Å². The minimum absolute atomic E-state index is 0.0544. The maximum atomic E-state index is 12.5. The maximum absolute atomic E-state index is 12.5. The van der Waals surface area contributed by atoms with E-state index in [2.05, 4.69) is 19.2 Å². The standard InChI is InChI=1S/C62H123NO3/c1-3-5-7-9-11-13-15-17-19-21-23-25-27-29-31-32-33-35-37-39-41-43-45-47-49-51-53-55-57-61(65)60(59-64)63-62(66)58-56-54-52-50-48-46-44-42-40-38-36-34-30-28-26-24-22-20-18-16-14-12-10-8-6-4-2/h55,57,60-61,64-65H,3-54,56,58-59H2,1-2H3,(H,63,66)/b57-55+. The van der Waals surface area contributed by atoms with E-state index < -0.39 is 12.1 Å². The normalized spacial score (nSPS) is 12.7. The molecule has 0 aromatic carbocycles. The third-order valence-corrected chi connectivity index (χ3v) is 14.8. The summed E-state index contributed by atoms with van der Waals surface area (Å²) in [5, 5.41) is 23.2. The highest BCUT2D eigenvalue weighted by atomic mass is 16.3. The summed E-state index contributed by atoms with van der Waals surface area (Å²) in [6.07, 6.45) is 76.9. The van der Waals surface area contributed by atoms with E-state index in [0.717, 1.165) is 25.7 Å². The van der Waals surface area contributed by atoms with Crippen molar-refractivity contribution in [1.29, 1.82) is 0 Å². The minimum atomic E-state index is -0.836. The largest absolute Gasteiger partial charge is 0.394 e. The topological polar surface area (TPSA) is 69.6 Å². The Morgan fingerprint density at radius 1 is 0.348 bits per heavy atom. The van der Waals surface area contributed by atoms with Gasteiger partial charge in [0.15, 0.2) is 0 Å². The van der Waals surface area contributed by atoms with Gasteiger partial charge < -0.3 is 15.5 Å². The fraction of sp³-hybridized carbons (Fsp3) is 0.952. The van der Waals surface area contributed by atoms with Crippen LogP contribution in [-0.2, 0) is 4.79 Å². The monoisotopic (exact) mass is 930 g/mol. The molecule has 0 bridgehead atoms. The molecule has 1 amide bonds. The quantitative estimate of drug-likeness (QED) is 0.0420. The lowest BCUT2D eigenvalue weighted by atomic mass is 10.0. The fourth-order valence-corrected chi connectivity index (χ4v) is 10.1. The van der Waals surface area contributed by atoms with E-state index >= 15 is 0 Å². The molecule has 0 fully saturated rings. The van der Waals surface area contributed by atoms with Crippen LogP contribution in [-0.4, -0.2) is 34.9 Å². The highest BCUT2D eigenvalue weighted by molar-refractivity contribution is 5.76. The number of amides is 1. The molecular formula is C62H123NO3. The van der Waals surface area contributed by atoms with E-state index in [1.165, 1.54) is 315 Å². The zero-order chi connectivity index (χ0) is 47.7. The molecule has 0 aromatic rings. The second kappa shape index (κ2) is 58.4. The summed E-state index contributed by atoms with van der Waals surface area (Å²) in [6, 6.07) is -0.619. The molecule has 394 valence electrons. The summed E-state index contributed by atoms with van der Waals surface area (Å²) in [5.41, 5.74) is 0. The molecule has 0 aliphatic carbocycles. The number of carbonyl (C=O) groups is 1. The molecule has 0 heterocycles. The number of hydrogen-bond acceptors (Lipinski definition) is 3. The molecule has 0 aromatic heterocycles. The number of hydrogen-bond donors (Lipinski definition) is 3. The van der Waals surface area contributed by atoms with Crippen molar-refractivity contribution in [2.24, 2.45) is 0 Å². The molecule has 0 saturated heterocycles. The number of unbranched alkanes of at least 4 members (excludes halogenated alkanes) is 51. The van der Waals surface area contributed by atoms with Gasteiger partial charge in [-0.25, -0.2) is 0 Å². The predicted molar refractivity (Wildman–Crippen MR) is 295 cm³/mol. The summed E-state index contributed by atoms with van der Waals surface area (Å²) in [6.45, 7) is 4.36. The van der Waals surface area contributed by atoms with Crippen LogP contribution in [0.15, 0.2) is 12.2 Å². The van der Waals surface area contributed by atoms with E-state index in [9.17, 15) is 15.0 Å². The number of nitrogens with one attached hydrogen (secondary N) is 1. The predicted octanol–water partition coefficient (Wildman–Crippen LogP) is 20.5. The van der Waals surface area contributed by atoms with Crippen molar-refractivity contribution in [3.63, 3.8) is 0 Å². The van der Waals surface area contributed by atoms with Crippen LogP contribution in [0.5, 0.6) is 0 Å². The van der Waals surface area contributed by atoms with Crippen molar-refractivity contribution in [2.45, 2.75) is 373 Å². The van der Waals surface area contributed by atoms with Crippen LogP contribution in [0.1, 0.15) is 361 Å². The lowest BCUT2D eigenvalue weighted by Gasteiger charge is -2.20. The Bertz CT molecular complexity index is 921. The van der Waals surface area contributed by atoms with Gasteiger partial charge in [-0.1, -0.05) is 347 Å². The number of aliphatic hydroxyl groups is 2. The van der Waals surface area contributed by atoms with Gasteiger partial charge in [0, 0.05) is 6.42 Å². The minimum Gasteiger partial charge on any atom is -0.394 e. The fourth-order valence-electron chi connectivity index (χ4n) is 10.1. The Morgan fingerprint density at radius 3 is 0.788 bits per heavy atom. The van der Waals surface area contributed by atoms with Gasteiger partial charge >= 0.3 is 0 Å². The van der Waals surface area contributed by atoms with Crippen LogP contribution in [0, 0.1) is 0 Å². The van der Waals surface area contributed by atoms with Crippen molar-refractivity contribution < 1.29 is 15.0 Å². The number of carbonyl (C=O) groups excluding carboxylic acids is 1. The van der Waals surface area contributed by atoms with Crippen LogP contribution in [0.2, 0.25) is 0 Å². The summed E-state index contributed by atoms with van der Waals surface area (Å²) in [5.74, 6) is -0.0544. The average molecular weight is 931 g/mol. The van der Waals surface area contributed by atoms with E-state index in [0.29, 0.717) is 6.42 Å². The van der Waals surface area contributed by atoms with Crippen LogP contribution >= 0.6 is 0 Å². The SMILES string of the molecule is CCCCCCCCCCCCCCCCCCCCCCCCCCCC/C=C/C(O)C(CO)NC(=O)CCCCCCCCCCCCCCCCCCCCCCCCCCCC. The Hall–Kier alpha value is -0.870. The summed E-state index contributed by atoms with van der Waals surface area (Å²) >= 11 is 0. The van der Waals surface area contributed by atoms with Crippen LogP contribution in [0.25, 0.3) is 0 Å². The van der Waals surface area contributed by atoms with E-state index in [1.807, 2.05) is 6.08 Å². The van der Waals surface area contributed by atoms with Crippen molar-refractivity contribution in [3.05, 3.63) is 12.2 Å². The molecule has 0 radical (unpaired) electrons.